The van der Waals surface area contributed by atoms with Gasteiger partial charge in [-0.2, -0.15) is 0 Å². The number of benzene rings is 1. The first-order chi connectivity index (χ1) is 9.10. The van der Waals surface area contributed by atoms with E-state index in [-0.39, 0.29) is 12.5 Å². The molecule has 2 rings (SSSR count). The van der Waals surface area contributed by atoms with Crippen LogP contribution in [0.15, 0.2) is 22.6 Å². The van der Waals surface area contributed by atoms with Crippen LogP contribution < -0.4 is 0 Å². The fourth-order valence-electron chi connectivity index (χ4n) is 1.75. The molecule has 0 atom stereocenters. The van der Waals surface area contributed by atoms with Crippen LogP contribution in [-0.2, 0) is 11.2 Å². The van der Waals surface area contributed by atoms with Crippen LogP contribution in [0.2, 0.25) is 0 Å². The van der Waals surface area contributed by atoms with Crippen molar-refractivity contribution in [3.8, 4) is 0 Å². The zero-order valence-corrected chi connectivity index (χ0v) is 11.3. The molecule has 0 bridgehead atoms. The van der Waals surface area contributed by atoms with Gasteiger partial charge in [0.05, 0.1) is 13.0 Å². The van der Waals surface area contributed by atoms with Crippen molar-refractivity contribution >= 4 is 5.97 Å². The predicted octanol–water partition coefficient (Wildman–Crippen LogP) is 2.45. The largest absolute Gasteiger partial charge is 0.459 e. The zero-order valence-electron chi connectivity index (χ0n) is 11.3. The summed E-state index contributed by atoms with van der Waals surface area (Å²) in [6.07, 6.45) is 0.514. The molecule has 0 aliphatic rings. The highest BCUT2D eigenvalue weighted by Gasteiger charge is 2.16. The maximum atomic E-state index is 11.4. The van der Waals surface area contributed by atoms with Crippen LogP contribution in [0.5, 0.6) is 0 Å². The predicted molar refractivity (Wildman–Crippen MR) is 69.0 cm³/mol. The molecule has 1 heterocycles. The number of esters is 1. The van der Waals surface area contributed by atoms with E-state index in [1.165, 1.54) is 5.56 Å². The van der Waals surface area contributed by atoms with E-state index < -0.39 is 5.97 Å². The molecule has 19 heavy (non-hydrogen) atoms. The van der Waals surface area contributed by atoms with Crippen molar-refractivity contribution in [2.24, 2.45) is 0 Å². The molecule has 2 aromatic rings. The maximum absolute atomic E-state index is 11.4. The van der Waals surface area contributed by atoms with Crippen molar-refractivity contribution in [1.82, 2.24) is 10.2 Å². The molecule has 0 radical (unpaired) electrons. The van der Waals surface area contributed by atoms with Gasteiger partial charge >= 0.3 is 11.9 Å². The first-order valence-electron chi connectivity index (χ1n) is 6.15. The molecule has 1 aromatic heterocycles. The number of aryl methyl sites for hydroxylation is 2. The third-order valence-corrected chi connectivity index (χ3v) is 2.76. The Kier molecular flexibility index (Phi) is 3.94. The van der Waals surface area contributed by atoms with E-state index in [4.69, 9.17) is 9.15 Å². The second-order valence-corrected chi connectivity index (χ2v) is 4.33. The Hall–Kier alpha value is -2.17. The number of carbonyl (C=O) groups is 1. The first kappa shape index (κ1) is 13.3. The lowest BCUT2D eigenvalue weighted by atomic mass is 10.0. The van der Waals surface area contributed by atoms with E-state index in [1.807, 2.05) is 19.9 Å². The fraction of sp³-hybridized carbons (Fsp3) is 0.357. The van der Waals surface area contributed by atoms with E-state index in [9.17, 15) is 4.79 Å². The van der Waals surface area contributed by atoms with Gasteiger partial charge in [-0.15, -0.1) is 10.2 Å². The van der Waals surface area contributed by atoms with Gasteiger partial charge in [-0.3, -0.25) is 0 Å². The Labute approximate surface area is 111 Å². The van der Waals surface area contributed by atoms with Gasteiger partial charge in [-0.1, -0.05) is 23.8 Å². The van der Waals surface area contributed by atoms with Gasteiger partial charge in [0.2, 0.25) is 5.89 Å². The average Bonchev–Trinajstić information content (AvgIpc) is 2.83. The molecule has 5 nitrogen and oxygen atoms in total. The molecule has 100 valence electrons. The highest BCUT2D eigenvalue weighted by molar-refractivity contribution is 5.83. The van der Waals surface area contributed by atoms with Crippen LogP contribution in [0.25, 0.3) is 0 Å². The van der Waals surface area contributed by atoms with E-state index in [2.05, 4.69) is 22.3 Å². The number of hydrogen-bond acceptors (Lipinski definition) is 5. The molecule has 0 amide bonds. The topological polar surface area (TPSA) is 65.2 Å². The third-order valence-electron chi connectivity index (χ3n) is 2.76. The number of hydrogen-bond donors (Lipinski definition) is 0. The van der Waals surface area contributed by atoms with Crippen molar-refractivity contribution < 1.29 is 13.9 Å². The number of carbonyl (C=O) groups excluding carboxylic acids is 1. The smallest absolute Gasteiger partial charge is 0.396 e. The number of rotatable bonds is 4. The molecule has 0 spiro atoms. The van der Waals surface area contributed by atoms with Gasteiger partial charge in [0, 0.05) is 0 Å². The molecule has 5 heteroatoms. The fourth-order valence-corrected chi connectivity index (χ4v) is 1.75. The van der Waals surface area contributed by atoms with Gasteiger partial charge in [0.15, 0.2) is 0 Å². The molecule has 0 saturated carbocycles. The van der Waals surface area contributed by atoms with Crippen LogP contribution in [-0.4, -0.2) is 22.8 Å². The minimum atomic E-state index is -0.581. The summed E-state index contributed by atoms with van der Waals surface area (Å²) in [6.45, 7) is 6.07. The minimum Gasteiger partial charge on any atom is -0.459 e. The van der Waals surface area contributed by atoms with Gasteiger partial charge < -0.3 is 9.15 Å². The molecule has 0 aliphatic carbocycles. The number of aromatic nitrogens is 2. The van der Waals surface area contributed by atoms with Gasteiger partial charge in [-0.25, -0.2) is 4.79 Å². The van der Waals surface area contributed by atoms with Gasteiger partial charge in [-0.05, 0) is 31.9 Å². The molecule has 0 unspecified atom stereocenters. The summed E-state index contributed by atoms with van der Waals surface area (Å²) in [5.41, 5.74) is 3.44. The normalized spacial score (nSPS) is 10.5. The van der Waals surface area contributed by atoms with Crippen LogP contribution in [0, 0.1) is 13.8 Å². The Morgan fingerprint density at radius 1 is 1.32 bits per heavy atom. The Bertz CT molecular complexity index is 590. The summed E-state index contributed by atoms with van der Waals surface area (Å²) in [5.74, 6) is -0.263. The van der Waals surface area contributed by atoms with Crippen LogP contribution >= 0.6 is 0 Å². The quantitative estimate of drug-likeness (QED) is 0.790. The van der Waals surface area contributed by atoms with Gasteiger partial charge in [0.25, 0.3) is 0 Å². The van der Waals surface area contributed by atoms with Crippen molar-refractivity contribution in [2.75, 3.05) is 6.61 Å². The summed E-state index contributed by atoms with van der Waals surface area (Å²) in [7, 11) is 0. The SMILES string of the molecule is CCOC(=O)c1nnc(Cc2cc(C)ccc2C)o1. The third kappa shape index (κ3) is 3.19. The Balaban J connectivity index is 2.15. The van der Waals surface area contributed by atoms with Crippen molar-refractivity contribution in [3.05, 3.63) is 46.7 Å². The molecular weight excluding hydrogens is 244 g/mol. The lowest BCUT2D eigenvalue weighted by Crippen LogP contribution is -2.04. The summed E-state index contributed by atoms with van der Waals surface area (Å²) in [5, 5.41) is 7.56. The van der Waals surface area contributed by atoms with E-state index in [0.29, 0.717) is 12.3 Å². The lowest BCUT2D eigenvalue weighted by molar-refractivity contribution is 0.0479. The average molecular weight is 260 g/mol. The molecule has 0 aliphatic heterocycles. The Morgan fingerprint density at radius 3 is 2.84 bits per heavy atom. The van der Waals surface area contributed by atoms with E-state index in [1.54, 1.807) is 6.92 Å². The standard InChI is InChI=1S/C14H16N2O3/c1-4-18-14(17)13-16-15-12(19-13)8-11-7-9(2)5-6-10(11)3/h5-7H,4,8H2,1-3H3. The summed E-state index contributed by atoms with van der Waals surface area (Å²) in [6, 6.07) is 6.17. The molecular formula is C14H16N2O3. The Morgan fingerprint density at radius 2 is 2.11 bits per heavy atom. The molecule has 0 saturated heterocycles. The van der Waals surface area contributed by atoms with E-state index in [0.717, 1.165) is 11.1 Å². The number of nitrogens with zero attached hydrogens (tertiary/aromatic N) is 2. The van der Waals surface area contributed by atoms with Crippen molar-refractivity contribution in [3.63, 3.8) is 0 Å². The second kappa shape index (κ2) is 5.65. The summed E-state index contributed by atoms with van der Waals surface area (Å²) in [4.78, 5) is 11.4. The lowest BCUT2D eigenvalue weighted by Gasteiger charge is -2.03. The van der Waals surface area contributed by atoms with Crippen molar-refractivity contribution in [1.29, 1.82) is 0 Å². The van der Waals surface area contributed by atoms with Crippen LogP contribution in [0.3, 0.4) is 0 Å². The van der Waals surface area contributed by atoms with Crippen LogP contribution in [0.4, 0.5) is 0 Å². The highest BCUT2D eigenvalue weighted by Crippen LogP contribution is 2.15. The van der Waals surface area contributed by atoms with Crippen molar-refractivity contribution in [2.45, 2.75) is 27.2 Å². The zero-order chi connectivity index (χ0) is 13.8. The highest BCUT2D eigenvalue weighted by atomic mass is 16.5. The summed E-state index contributed by atoms with van der Waals surface area (Å²) < 4.78 is 10.1. The minimum absolute atomic E-state index is 0.0952. The summed E-state index contributed by atoms with van der Waals surface area (Å²) >= 11 is 0. The van der Waals surface area contributed by atoms with Gasteiger partial charge in [0.1, 0.15) is 0 Å². The first-order valence-corrected chi connectivity index (χ1v) is 6.15. The molecule has 0 N–H and O–H groups in total. The number of ether oxygens (including phenoxy) is 1. The van der Waals surface area contributed by atoms with E-state index >= 15 is 0 Å². The second-order valence-electron chi connectivity index (χ2n) is 4.33. The van der Waals surface area contributed by atoms with Crippen LogP contribution in [0.1, 0.15) is 40.2 Å². The molecule has 0 fully saturated rings. The monoisotopic (exact) mass is 260 g/mol. The maximum Gasteiger partial charge on any atom is 0.396 e. The molecule has 1 aromatic carbocycles.